The predicted octanol–water partition coefficient (Wildman–Crippen LogP) is 4.05. The minimum absolute atomic E-state index is 0.0639. The zero-order valence-corrected chi connectivity index (χ0v) is 16.3. The fraction of sp³-hybridized carbons (Fsp3) is 0.364. The smallest absolute Gasteiger partial charge is 0.312 e. The maximum Gasteiger partial charge on any atom is 0.312 e. The van der Waals surface area contributed by atoms with Crippen molar-refractivity contribution in [2.45, 2.75) is 44.4 Å². The van der Waals surface area contributed by atoms with Gasteiger partial charge in [-0.3, -0.25) is 9.59 Å². The highest BCUT2D eigenvalue weighted by Gasteiger charge is 2.38. The van der Waals surface area contributed by atoms with Crippen LogP contribution in [0, 0.1) is 0 Å². The van der Waals surface area contributed by atoms with Crippen LogP contribution in [0.2, 0.25) is 0 Å². The molecular formula is C22H21N3O4. The number of anilines is 1. The lowest BCUT2D eigenvalue weighted by Gasteiger charge is -2.19. The molecule has 0 bridgehead atoms. The van der Waals surface area contributed by atoms with E-state index in [9.17, 15) is 14.7 Å². The zero-order valence-electron chi connectivity index (χ0n) is 16.3. The second-order valence-electron chi connectivity index (χ2n) is 8.14. The molecule has 3 aromatic rings. The quantitative estimate of drug-likeness (QED) is 0.721. The zero-order chi connectivity index (χ0) is 20.3. The molecule has 1 aromatic carbocycles. The van der Waals surface area contributed by atoms with Gasteiger partial charge in [-0.2, -0.15) is 0 Å². The highest BCUT2D eigenvalue weighted by molar-refractivity contribution is 6.15. The van der Waals surface area contributed by atoms with Gasteiger partial charge < -0.3 is 14.5 Å². The van der Waals surface area contributed by atoms with E-state index in [0.29, 0.717) is 39.5 Å². The number of benzene rings is 1. The normalized spacial score (nSPS) is 18.4. The van der Waals surface area contributed by atoms with E-state index in [4.69, 9.17) is 4.52 Å². The fourth-order valence-electron chi connectivity index (χ4n) is 4.10. The Labute approximate surface area is 167 Å². The van der Waals surface area contributed by atoms with Crippen molar-refractivity contribution in [3.63, 3.8) is 0 Å². The summed E-state index contributed by atoms with van der Waals surface area (Å²) in [5.41, 5.74) is 3.71. The molecule has 1 unspecified atom stereocenters. The lowest BCUT2D eigenvalue weighted by molar-refractivity contribution is -0.138. The maximum atomic E-state index is 13.7. The minimum Gasteiger partial charge on any atom is -0.481 e. The van der Waals surface area contributed by atoms with Crippen molar-refractivity contribution < 1.29 is 19.2 Å². The molecule has 1 atom stereocenters. The van der Waals surface area contributed by atoms with Gasteiger partial charge in [-0.1, -0.05) is 37.2 Å². The predicted molar refractivity (Wildman–Crippen MR) is 106 cm³/mol. The van der Waals surface area contributed by atoms with E-state index in [0.717, 1.165) is 18.5 Å². The number of amides is 1. The molecule has 1 fully saturated rings. The Morgan fingerprint density at radius 3 is 2.69 bits per heavy atom. The first-order valence-electron chi connectivity index (χ1n) is 9.89. The highest BCUT2D eigenvalue weighted by atomic mass is 16.5. The topological polar surface area (TPSA) is 96.5 Å². The maximum absolute atomic E-state index is 13.7. The number of hydrogen-bond donors (Lipinski definition) is 1. The number of fused-ring (bicyclic) bond motifs is 2. The van der Waals surface area contributed by atoms with Crippen LogP contribution in [0.3, 0.4) is 0 Å². The third-order valence-electron chi connectivity index (χ3n) is 5.78. The molecule has 3 heterocycles. The van der Waals surface area contributed by atoms with Crippen LogP contribution < -0.4 is 4.90 Å². The number of carboxylic acid groups (broad SMARTS) is 1. The van der Waals surface area contributed by atoms with Gasteiger partial charge >= 0.3 is 5.97 Å². The number of carbonyl (C=O) groups is 2. The molecule has 148 valence electrons. The van der Waals surface area contributed by atoms with Crippen LogP contribution in [0.1, 0.15) is 71.8 Å². The Morgan fingerprint density at radius 1 is 1.24 bits per heavy atom. The van der Waals surface area contributed by atoms with Crippen molar-refractivity contribution in [3.8, 4) is 0 Å². The van der Waals surface area contributed by atoms with Crippen molar-refractivity contribution in [1.82, 2.24) is 10.1 Å². The molecule has 2 aliphatic rings. The summed E-state index contributed by atoms with van der Waals surface area (Å²) < 4.78 is 5.49. The summed E-state index contributed by atoms with van der Waals surface area (Å²) in [5, 5.41) is 14.4. The van der Waals surface area contributed by atoms with E-state index >= 15 is 0 Å². The van der Waals surface area contributed by atoms with Crippen LogP contribution in [0.25, 0.3) is 11.1 Å². The molecule has 7 nitrogen and oxygen atoms in total. The van der Waals surface area contributed by atoms with Gasteiger partial charge in [0.1, 0.15) is 5.92 Å². The van der Waals surface area contributed by atoms with Crippen molar-refractivity contribution in [2.24, 2.45) is 0 Å². The monoisotopic (exact) mass is 391 g/mol. The summed E-state index contributed by atoms with van der Waals surface area (Å²) >= 11 is 0. The minimum atomic E-state index is -0.931. The summed E-state index contributed by atoms with van der Waals surface area (Å²) in [6.45, 7) is 4.09. The van der Waals surface area contributed by atoms with Crippen molar-refractivity contribution in [1.29, 1.82) is 0 Å². The van der Waals surface area contributed by atoms with E-state index in [2.05, 4.69) is 10.1 Å². The lowest BCUT2D eigenvalue weighted by Crippen LogP contribution is -2.31. The number of hydrogen-bond acceptors (Lipinski definition) is 5. The summed E-state index contributed by atoms with van der Waals surface area (Å²) in [6.07, 6.45) is 2.09. The van der Waals surface area contributed by atoms with Crippen molar-refractivity contribution in [2.75, 3.05) is 11.4 Å². The van der Waals surface area contributed by atoms with Gasteiger partial charge in [-0.25, -0.2) is 4.98 Å². The van der Waals surface area contributed by atoms with Gasteiger partial charge in [0.15, 0.2) is 0 Å². The molecule has 29 heavy (non-hydrogen) atoms. The number of aromatic nitrogens is 2. The number of carboxylic acids is 1. The first kappa shape index (κ1) is 17.8. The average molecular weight is 391 g/mol. The van der Waals surface area contributed by atoms with E-state index < -0.39 is 11.9 Å². The van der Waals surface area contributed by atoms with Crippen LogP contribution in [0.5, 0.6) is 0 Å². The molecule has 1 aliphatic carbocycles. The van der Waals surface area contributed by atoms with E-state index in [1.807, 2.05) is 26.0 Å². The molecule has 1 saturated carbocycles. The standard InChI is InChI=1S/C22H21N3O4/c1-11(2)19-18-14(9-16(12-7-8-12)23-20(18)29-24-19)21(26)25-10-15(22(27)28)13-5-3-4-6-17(13)25/h3-6,9,11-12,15H,7-8,10H2,1-2H3,(H,27,28). The second kappa shape index (κ2) is 6.40. The second-order valence-corrected chi connectivity index (χ2v) is 8.14. The number of para-hydroxylation sites is 1. The van der Waals surface area contributed by atoms with Gasteiger partial charge in [0.05, 0.1) is 16.6 Å². The number of carbonyl (C=O) groups excluding carboxylic acids is 1. The largest absolute Gasteiger partial charge is 0.481 e. The van der Waals surface area contributed by atoms with Gasteiger partial charge in [0, 0.05) is 23.8 Å². The van der Waals surface area contributed by atoms with Crippen LogP contribution in [0.4, 0.5) is 5.69 Å². The van der Waals surface area contributed by atoms with E-state index in [1.54, 1.807) is 23.1 Å². The number of nitrogens with zero attached hydrogens (tertiary/aromatic N) is 3. The molecular weight excluding hydrogens is 370 g/mol. The summed E-state index contributed by atoms with van der Waals surface area (Å²) in [5.74, 6) is -1.49. The molecule has 1 aliphatic heterocycles. The molecule has 5 rings (SSSR count). The van der Waals surface area contributed by atoms with Crippen LogP contribution >= 0.6 is 0 Å². The lowest BCUT2D eigenvalue weighted by atomic mass is 10.0. The molecule has 1 N–H and O–H groups in total. The molecule has 0 saturated heterocycles. The average Bonchev–Trinajstić information content (AvgIpc) is 3.34. The third-order valence-corrected chi connectivity index (χ3v) is 5.78. The van der Waals surface area contributed by atoms with Gasteiger partial charge in [-0.15, -0.1) is 0 Å². The molecule has 1 amide bonds. The van der Waals surface area contributed by atoms with Crippen molar-refractivity contribution >= 4 is 28.7 Å². The molecule has 2 aromatic heterocycles. The van der Waals surface area contributed by atoms with Crippen LogP contribution in [-0.2, 0) is 4.79 Å². The van der Waals surface area contributed by atoms with Crippen LogP contribution in [0.15, 0.2) is 34.9 Å². The van der Waals surface area contributed by atoms with E-state index in [-0.39, 0.29) is 18.4 Å². The first-order chi connectivity index (χ1) is 14.0. The SMILES string of the molecule is CC(C)c1noc2nc(C3CC3)cc(C(=O)N3CC(C(=O)O)c4ccccc43)c12. The molecule has 0 spiro atoms. The summed E-state index contributed by atoms with van der Waals surface area (Å²) in [4.78, 5) is 31.6. The Hall–Kier alpha value is -3.22. The third kappa shape index (κ3) is 2.80. The van der Waals surface area contributed by atoms with Gasteiger partial charge in [0.25, 0.3) is 11.6 Å². The molecule has 7 heteroatoms. The fourth-order valence-corrected chi connectivity index (χ4v) is 4.10. The first-order valence-corrected chi connectivity index (χ1v) is 9.89. The Morgan fingerprint density at radius 2 is 2.00 bits per heavy atom. The Balaban J connectivity index is 1.66. The molecule has 0 radical (unpaired) electrons. The van der Waals surface area contributed by atoms with Crippen LogP contribution in [-0.4, -0.2) is 33.7 Å². The van der Waals surface area contributed by atoms with E-state index in [1.165, 1.54) is 0 Å². The van der Waals surface area contributed by atoms with Gasteiger partial charge in [0.2, 0.25) is 0 Å². The summed E-state index contributed by atoms with van der Waals surface area (Å²) in [6, 6.07) is 9.04. The number of pyridine rings is 1. The number of aliphatic carboxylic acids is 1. The summed E-state index contributed by atoms with van der Waals surface area (Å²) in [7, 11) is 0. The van der Waals surface area contributed by atoms with Crippen molar-refractivity contribution in [3.05, 3.63) is 52.8 Å². The number of rotatable bonds is 4. The Bertz CT molecular complexity index is 1150. The Kier molecular flexibility index (Phi) is 3.94. The van der Waals surface area contributed by atoms with Gasteiger partial charge in [-0.05, 0) is 36.5 Å². The highest BCUT2D eigenvalue weighted by Crippen LogP contribution is 2.42.